The number of piperidine rings is 1. The molecular weight excluding hydrogens is 390 g/mol. The smallest absolute Gasteiger partial charge is 0.373 e. The van der Waals surface area contributed by atoms with Crippen molar-refractivity contribution in [3.05, 3.63) is 47.8 Å². The number of hydrogen-bond donors (Lipinski definition) is 1. The van der Waals surface area contributed by atoms with E-state index in [1.54, 1.807) is 18.3 Å². The average Bonchev–Trinajstić information content (AvgIpc) is 3.11. The largest absolute Gasteiger partial charge is 0.426 e. The number of halogens is 4. The maximum absolute atomic E-state index is 13.3. The first-order chi connectivity index (χ1) is 13.6. The predicted octanol–water partition coefficient (Wildman–Crippen LogP) is 3.59. The van der Waals surface area contributed by atoms with Crippen LogP contribution in [0.1, 0.15) is 44.1 Å². The van der Waals surface area contributed by atoms with Gasteiger partial charge in [-0.3, -0.25) is 4.79 Å². The lowest BCUT2D eigenvalue weighted by molar-refractivity contribution is -0.250. The molecule has 1 aromatic carbocycles. The number of carbonyl (C=O) groups excluding carboxylic acids is 1. The monoisotopic (exact) mass is 413 g/mol. The van der Waals surface area contributed by atoms with Gasteiger partial charge in [0.05, 0.1) is 0 Å². The zero-order valence-corrected chi connectivity index (χ0v) is 16.2. The molecule has 1 aromatic heterocycles. The van der Waals surface area contributed by atoms with Crippen LogP contribution in [-0.4, -0.2) is 50.3 Å². The predicted molar refractivity (Wildman–Crippen MR) is 98.1 cm³/mol. The summed E-state index contributed by atoms with van der Waals surface area (Å²) in [6, 6.07) is 6.02. The van der Waals surface area contributed by atoms with Gasteiger partial charge in [-0.1, -0.05) is 6.92 Å². The first-order valence-corrected chi connectivity index (χ1v) is 9.47. The third-order valence-corrected chi connectivity index (χ3v) is 5.43. The fourth-order valence-electron chi connectivity index (χ4n) is 3.64. The summed E-state index contributed by atoms with van der Waals surface area (Å²) in [6.07, 6.45) is -1.76. The second-order valence-electron chi connectivity index (χ2n) is 7.40. The van der Waals surface area contributed by atoms with Gasteiger partial charge in [0.15, 0.2) is 0 Å². The Bertz CT molecular complexity index is 867. The SMILES string of the molecule is CCc1ncc(C2CCN(C(=O)[C@@](C)(O)C(F)(F)F)CC2)n1-c1ccc(F)cc1. The van der Waals surface area contributed by atoms with Gasteiger partial charge in [0.25, 0.3) is 5.91 Å². The molecule has 1 saturated heterocycles. The van der Waals surface area contributed by atoms with Gasteiger partial charge in [0, 0.05) is 43.0 Å². The summed E-state index contributed by atoms with van der Waals surface area (Å²) in [6.45, 7) is 2.64. The Morgan fingerprint density at radius 1 is 1.21 bits per heavy atom. The Kier molecular flexibility index (Phi) is 5.71. The Labute approximate surface area is 166 Å². The Hall–Kier alpha value is -2.42. The number of hydrogen-bond acceptors (Lipinski definition) is 3. The van der Waals surface area contributed by atoms with E-state index in [0.29, 0.717) is 26.2 Å². The number of amides is 1. The maximum Gasteiger partial charge on any atom is 0.426 e. The molecule has 1 aliphatic rings. The first-order valence-electron chi connectivity index (χ1n) is 9.47. The highest BCUT2D eigenvalue weighted by molar-refractivity contribution is 5.85. The molecule has 1 aliphatic heterocycles. The van der Waals surface area contributed by atoms with Crippen molar-refractivity contribution in [1.29, 1.82) is 0 Å². The maximum atomic E-state index is 13.3. The topological polar surface area (TPSA) is 58.4 Å². The lowest BCUT2D eigenvalue weighted by Crippen LogP contribution is -2.57. The second-order valence-corrected chi connectivity index (χ2v) is 7.40. The number of aliphatic hydroxyl groups is 1. The summed E-state index contributed by atoms with van der Waals surface area (Å²) in [5, 5.41) is 9.64. The number of aromatic nitrogens is 2. The molecule has 2 aromatic rings. The summed E-state index contributed by atoms with van der Waals surface area (Å²) in [5.41, 5.74) is -1.76. The van der Waals surface area contributed by atoms with Crippen LogP contribution >= 0.6 is 0 Å². The lowest BCUT2D eigenvalue weighted by atomic mass is 9.92. The molecule has 1 amide bonds. The van der Waals surface area contributed by atoms with Crippen molar-refractivity contribution >= 4 is 5.91 Å². The summed E-state index contributed by atoms with van der Waals surface area (Å²) in [7, 11) is 0. The van der Waals surface area contributed by atoms with Crippen molar-refractivity contribution in [2.75, 3.05) is 13.1 Å². The van der Waals surface area contributed by atoms with E-state index in [0.717, 1.165) is 22.1 Å². The normalized spacial score (nSPS) is 18.0. The number of alkyl halides is 3. The van der Waals surface area contributed by atoms with E-state index in [2.05, 4.69) is 4.98 Å². The average molecular weight is 413 g/mol. The van der Waals surface area contributed by atoms with Gasteiger partial charge in [0.1, 0.15) is 11.6 Å². The Balaban J connectivity index is 1.79. The molecule has 0 unspecified atom stereocenters. The van der Waals surface area contributed by atoms with E-state index < -0.39 is 17.7 Å². The van der Waals surface area contributed by atoms with E-state index in [1.807, 2.05) is 11.5 Å². The summed E-state index contributed by atoms with van der Waals surface area (Å²) in [4.78, 5) is 17.7. The fraction of sp³-hybridized carbons (Fsp3) is 0.500. The van der Waals surface area contributed by atoms with Gasteiger partial charge in [-0.2, -0.15) is 13.2 Å². The molecule has 2 heterocycles. The summed E-state index contributed by atoms with van der Waals surface area (Å²) in [5.74, 6) is -0.903. The van der Waals surface area contributed by atoms with Gasteiger partial charge < -0.3 is 14.6 Å². The number of benzene rings is 1. The van der Waals surface area contributed by atoms with Gasteiger partial charge >= 0.3 is 6.18 Å². The van der Waals surface area contributed by atoms with E-state index >= 15 is 0 Å². The van der Waals surface area contributed by atoms with E-state index in [4.69, 9.17) is 0 Å². The van der Waals surface area contributed by atoms with E-state index in [-0.39, 0.29) is 24.8 Å². The lowest BCUT2D eigenvalue weighted by Gasteiger charge is -2.37. The van der Waals surface area contributed by atoms with Gasteiger partial charge in [-0.05, 0) is 44.0 Å². The van der Waals surface area contributed by atoms with E-state index in [9.17, 15) is 27.5 Å². The minimum Gasteiger partial charge on any atom is -0.373 e. The molecule has 29 heavy (non-hydrogen) atoms. The minimum atomic E-state index is -5.03. The zero-order chi connectivity index (χ0) is 21.4. The third kappa shape index (κ3) is 4.01. The molecule has 1 atom stereocenters. The number of likely N-dealkylation sites (tertiary alicyclic amines) is 1. The number of rotatable bonds is 4. The van der Waals surface area contributed by atoms with Crippen LogP contribution in [0.3, 0.4) is 0 Å². The van der Waals surface area contributed by atoms with Crippen molar-refractivity contribution in [2.45, 2.75) is 50.8 Å². The Morgan fingerprint density at radius 3 is 2.31 bits per heavy atom. The first kappa shape index (κ1) is 21.3. The van der Waals surface area contributed by atoms with Crippen molar-refractivity contribution in [3.63, 3.8) is 0 Å². The highest BCUT2D eigenvalue weighted by Gasteiger charge is 2.57. The number of nitrogens with zero attached hydrogens (tertiary/aromatic N) is 3. The van der Waals surface area contributed by atoms with E-state index in [1.165, 1.54) is 12.1 Å². The summed E-state index contributed by atoms with van der Waals surface area (Å²) < 4.78 is 54.1. The number of carbonyl (C=O) groups is 1. The molecule has 158 valence electrons. The van der Waals surface area contributed by atoms with Crippen LogP contribution in [0, 0.1) is 5.82 Å². The van der Waals surface area contributed by atoms with Gasteiger partial charge in [0.2, 0.25) is 5.60 Å². The highest BCUT2D eigenvalue weighted by atomic mass is 19.4. The Morgan fingerprint density at radius 2 is 1.79 bits per heavy atom. The molecular formula is C20H23F4N3O2. The number of imidazole rings is 1. The standard InChI is InChI=1S/C20H23F4N3O2/c1-3-17-25-12-16(27(17)15-6-4-14(21)5-7-15)13-8-10-26(11-9-13)18(28)19(2,29)20(22,23)24/h4-7,12-13,29H,3,8-11H2,1-2H3/t19-/m1/s1. The van der Waals surface area contributed by atoms with Crippen LogP contribution in [0.4, 0.5) is 17.6 Å². The molecule has 1 N–H and O–H groups in total. The fourth-order valence-corrected chi connectivity index (χ4v) is 3.64. The molecule has 3 rings (SSSR count). The van der Waals surface area contributed by atoms with Crippen LogP contribution in [0.2, 0.25) is 0 Å². The zero-order valence-electron chi connectivity index (χ0n) is 16.2. The van der Waals surface area contributed by atoms with Crippen molar-refractivity contribution < 1.29 is 27.5 Å². The van der Waals surface area contributed by atoms with Crippen LogP contribution < -0.4 is 0 Å². The van der Waals surface area contributed by atoms with Crippen LogP contribution in [0.25, 0.3) is 5.69 Å². The van der Waals surface area contributed by atoms with Crippen molar-refractivity contribution in [3.8, 4) is 5.69 Å². The summed E-state index contributed by atoms with van der Waals surface area (Å²) >= 11 is 0. The van der Waals surface area contributed by atoms with Crippen LogP contribution in [-0.2, 0) is 11.2 Å². The molecule has 0 bridgehead atoms. The van der Waals surface area contributed by atoms with Crippen molar-refractivity contribution in [2.24, 2.45) is 0 Å². The molecule has 0 saturated carbocycles. The van der Waals surface area contributed by atoms with Crippen LogP contribution in [0.15, 0.2) is 30.5 Å². The molecule has 5 nitrogen and oxygen atoms in total. The molecule has 0 spiro atoms. The highest BCUT2D eigenvalue weighted by Crippen LogP contribution is 2.35. The van der Waals surface area contributed by atoms with Crippen LogP contribution in [0.5, 0.6) is 0 Å². The molecule has 0 radical (unpaired) electrons. The third-order valence-electron chi connectivity index (χ3n) is 5.43. The van der Waals surface area contributed by atoms with Crippen molar-refractivity contribution in [1.82, 2.24) is 14.5 Å². The quantitative estimate of drug-likeness (QED) is 0.780. The molecule has 9 heteroatoms. The molecule has 0 aliphatic carbocycles. The molecule has 1 fully saturated rings. The van der Waals surface area contributed by atoms with Gasteiger partial charge in [-0.25, -0.2) is 9.37 Å². The minimum absolute atomic E-state index is 0.0206. The number of aryl methyl sites for hydroxylation is 1. The van der Waals surface area contributed by atoms with Gasteiger partial charge in [-0.15, -0.1) is 0 Å². The second kappa shape index (κ2) is 7.78.